The van der Waals surface area contributed by atoms with Crippen molar-refractivity contribution in [2.45, 2.75) is 106 Å². The summed E-state index contributed by atoms with van der Waals surface area (Å²) < 4.78 is 0. The molecule has 0 heterocycles. The first-order valence-electron chi connectivity index (χ1n) is 12.8. The molecule has 0 saturated heterocycles. The number of allylic oxidation sites excluding steroid dienone is 4. The number of carbonyl (C=O) groups is 1. The van der Waals surface area contributed by atoms with Crippen LogP contribution < -0.4 is 0 Å². The molecule has 0 spiro atoms. The van der Waals surface area contributed by atoms with Gasteiger partial charge in [-0.05, 0) is 85.7 Å². The molecule has 0 aromatic carbocycles. The van der Waals surface area contributed by atoms with E-state index in [1.807, 2.05) is 26.0 Å². The zero-order chi connectivity index (χ0) is 21.2. The molecule has 1 nitrogen and oxygen atoms in total. The summed E-state index contributed by atoms with van der Waals surface area (Å²) in [5, 5.41) is 0. The molecule has 4 aliphatic rings. The van der Waals surface area contributed by atoms with Gasteiger partial charge in [-0.25, -0.2) is 0 Å². The van der Waals surface area contributed by atoms with Crippen molar-refractivity contribution < 1.29 is 4.79 Å². The number of carbonyl (C=O) groups excluding carboxylic acids is 1. The minimum absolute atomic E-state index is 0.140. The van der Waals surface area contributed by atoms with Gasteiger partial charge in [-0.1, -0.05) is 78.9 Å². The smallest absolute Gasteiger partial charge is 0.178 e. The first-order valence-corrected chi connectivity index (χ1v) is 12.8. The van der Waals surface area contributed by atoms with Crippen LogP contribution in [0.25, 0.3) is 0 Å². The van der Waals surface area contributed by atoms with Crippen LogP contribution in [-0.4, -0.2) is 5.78 Å². The monoisotopic (exact) mass is 398 g/mol. The van der Waals surface area contributed by atoms with Crippen LogP contribution in [0.5, 0.6) is 0 Å². The lowest BCUT2D eigenvalue weighted by molar-refractivity contribution is -0.111. The maximum atomic E-state index is 11.9. The summed E-state index contributed by atoms with van der Waals surface area (Å²) in [7, 11) is 0. The van der Waals surface area contributed by atoms with Gasteiger partial charge in [0, 0.05) is 5.41 Å². The third kappa shape index (κ3) is 4.17. The van der Waals surface area contributed by atoms with Crippen LogP contribution in [0.15, 0.2) is 23.8 Å². The Morgan fingerprint density at radius 1 is 1.07 bits per heavy atom. The lowest BCUT2D eigenvalue weighted by Gasteiger charge is -2.60. The second-order valence-electron chi connectivity index (χ2n) is 11.1. The summed E-state index contributed by atoms with van der Waals surface area (Å²) in [6.07, 6.45) is 20.1. The van der Waals surface area contributed by atoms with Gasteiger partial charge in [0.2, 0.25) is 0 Å². The Hall–Kier alpha value is -0.850. The van der Waals surface area contributed by atoms with Gasteiger partial charge in [0.15, 0.2) is 5.78 Å². The van der Waals surface area contributed by atoms with Crippen molar-refractivity contribution in [1.29, 1.82) is 0 Å². The Morgan fingerprint density at radius 3 is 2.55 bits per heavy atom. The molecule has 3 fully saturated rings. The van der Waals surface area contributed by atoms with Crippen molar-refractivity contribution >= 4 is 5.78 Å². The van der Waals surface area contributed by atoms with Crippen LogP contribution in [0, 0.1) is 40.4 Å². The second-order valence-corrected chi connectivity index (χ2v) is 11.1. The molecule has 0 aromatic rings. The Labute approximate surface area is 180 Å². The van der Waals surface area contributed by atoms with E-state index in [9.17, 15) is 4.79 Å². The fraction of sp³-hybridized carbons (Fsp3) is 0.821. The van der Waals surface area contributed by atoms with Crippen LogP contribution >= 0.6 is 0 Å². The minimum atomic E-state index is 0.140. The van der Waals surface area contributed by atoms with E-state index < -0.39 is 0 Å². The van der Waals surface area contributed by atoms with Crippen LogP contribution in [-0.2, 0) is 4.79 Å². The number of unbranched alkanes of at least 4 members (excludes halogenated alkanes) is 1. The molecular formula is C28H46O. The van der Waals surface area contributed by atoms with Crippen molar-refractivity contribution in [2.24, 2.45) is 40.4 Å². The number of fused-ring (bicyclic) bond motifs is 5. The fourth-order valence-corrected chi connectivity index (χ4v) is 7.84. The number of rotatable bonds is 5. The summed E-state index contributed by atoms with van der Waals surface area (Å²) >= 11 is 0. The molecule has 29 heavy (non-hydrogen) atoms. The van der Waals surface area contributed by atoms with Crippen molar-refractivity contribution in [3.8, 4) is 0 Å². The lowest BCUT2D eigenvalue weighted by atomic mass is 9.44. The molecule has 0 N–H and O–H groups in total. The Bertz CT molecular complexity index is 641. The predicted molar refractivity (Wildman–Crippen MR) is 125 cm³/mol. The van der Waals surface area contributed by atoms with Gasteiger partial charge in [-0.3, -0.25) is 4.79 Å². The maximum Gasteiger partial charge on any atom is 0.178 e. The normalized spacial score (nSPS) is 40.5. The van der Waals surface area contributed by atoms with Gasteiger partial charge in [0.1, 0.15) is 0 Å². The highest BCUT2D eigenvalue weighted by molar-refractivity contribution is 6.01. The van der Waals surface area contributed by atoms with E-state index in [0.717, 1.165) is 36.0 Å². The first kappa shape index (κ1) is 22.8. The molecule has 1 heteroatoms. The highest BCUT2D eigenvalue weighted by atomic mass is 16.1. The van der Waals surface area contributed by atoms with Crippen molar-refractivity contribution in [3.05, 3.63) is 23.8 Å². The highest BCUT2D eigenvalue weighted by Crippen LogP contribution is 2.67. The number of ketones is 1. The molecule has 4 aliphatic carbocycles. The average Bonchev–Trinajstić information content (AvgIpc) is 3.12. The Morgan fingerprint density at radius 2 is 1.83 bits per heavy atom. The van der Waals surface area contributed by atoms with Gasteiger partial charge in [0.25, 0.3) is 0 Å². The SMILES string of the molecule is CC.CC(C)CCCCC1CCC2C1CCC1C3(C)C=CC(=O)C=C3CCC21C. The standard InChI is InChI=1S/C26H40O.C2H6/c1-18(2)7-5-6-8-19-9-11-23-22(19)10-12-24-25(3)16-14-21(27)17-20(25)13-15-26(23,24)4;1-2/h14,16-19,22-24H,5-13,15H2,1-4H3;1-2H3. The van der Waals surface area contributed by atoms with Gasteiger partial charge >= 0.3 is 0 Å². The Balaban J connectivity index is 0.00000117. The van der Waals surface area contributed by atoms with Crippen LogP contribution in [0.3, 0.4) is 0 Å². The molecule has 0 amide bonds. The van der Waals surface area contributed by atoms with Gasteiger partial charge in [-0.2, -0.15) is 0 Å². The molecule has 0 aliphatic heterocycles. The lowest BCUT2D eigenvalue weighted by Crippen LogP contribution is -2.52. The van der Waals surface area contributed by atoms with Crippen LogP contribution in [0.1, 0.15) is 106 Å². The second kappa shape index (κ2) is 9.11. The molecule has 0 bridgehead atoms. The van der Waals surface area contributed by atoms with E-state index >= 15 is 0 Å². The Kier molecular flexibility index (Phi) is 7.17. The minimum Gasteiger partial charge on any atom is -0.290 e. The zero-order valence-corrected chi connectivity index (χ0v) is 20.1. The molecule has 0 aromatic heterocycles. The van der Waals surface area contributed by atoms with E-state index in [1.165, 1.54) is 63.4 Å². The summed E-state index contributed by atoms with van der Waals surface area (Å²) in [6, 6.07) is 0. The maximum absolute atomic E-state index is 11.9. The summed E-state index contributed by atoms with van der Waals surface area (Å²) in [6.45, 7) is 13.8. The summed E-state index contributed by atoms with van der Waals surface area (Å²) in [4.78, 5) is 11.9. The summed E-state index contributed by atoms with van der Waals surface area (Å²) in [5.41, 5.74) is 2.05. The summed E-state index contributed by atoms with van der Waals surface area (Å²) in [5.74, 6) is 4.70. The van der Waals surface area contributed by atoms with E-state index in [-0.39, 0.29) is 11.2 Å². The highest BCUT2D eigenvalue weighted by Gasteiger charge is 2.59. The quantitative estimate of drug-likeness (QED) is 0.427. The largest absolute Gasteiger partial charge is 0.290 e. The molecular weight excluding hydrogens is 352 g/mol. The van der Waals surface area contributed by atoms with Gasteiger partial charge < -0.3 is 0 Å². The number of hydrogen-bond acceptors (Lipinski definition) is 1. The van der Waals surface area contributed by atoms with Gasteiger partial charge in [-0.15, -0.1) is 0 Å². The third-order valence-electron chi connectivity index (χ3n) is 9.27. The van der Waals surface area contributed by atoms with E-state index in [4.69, 9.17) is 0 Å². The zero-order valence-electron chi connectivity index (χ0n) is 20.1. The van der Waals surface area contributed by atoms with Crippen molar-refractivity contribution in [2.75, 3.05) is 0 Å². The van der Waals surface area contributed by atoms with Crippen LogP contribution in [0.4, 0.5) is 0 Å². The third-order valence-corrected chi connectivity index (χ3v) is 9.27. The van der Waals surface area contributed by atoms with Crippen molar-refractivity contribution in [3.63, 3.8) is 0 Å². The molecule has 4 rings (SSSR count). The number of hydrogen-bond donors (Lipinski definition) is 0. The van der Waals surface area contributed by atoms with Crippen molar-refractivity contribution in [1.82, 2.24) is 0 Å². The average molecular weight is 399 g/mol. The topological polar surface area (TPSA) is 17.1 Å². The van der Waals surface area contributed by atoms with Crippen LogP contribution in [0.2, 0.25) is 0 Å². The molecule has 6 atom stereocenters. The predicted octanol–water partition coefficient (Wildman–Crippen LogP) is 8.15. The van der Waals surface area contributed by atoms with Gasteiger partial charge in [0.05, 0.1) is 0 Å². The van der Waals surface area contributed by atoms with E-state index in [2.05, 4.69) is 33.8 Å². The molecule has 6 unspecified atom stereocenters. The molecule has 0 radical (unpaired) electrons. The van der Waals surface area contributed by atoms with E-state index in [0.29, 0.717) is 5.41 Å². The fourth-order valence-electron chi connectivity index (χ4n) is 7.84. The molecule has 3 saturated carbocycles. The molecule has 164 valence electrons. The first-order chi connectivity index (χ1) is 13.8. The van der Waals surface area contributed by atoms with E-state index in [1.54, 1.807) is 0 Å².